The van der Waals surface area contributed by atoms with E-state index >= 15 is 0 Å². The maximum atomic E-state index is 13.4. The van der Waals surface area contributed by atoms with Gasteiger partial charge >= 0.3 is 0 Å². The molecule has 1 atom stereocenters. The molecule has 7 nitrogen and oxygen atoms in total. The zero-order chi connectivity index (χ0) is 20.7. The van der Waals surface area contributed by atoms with Gasteiger partial charge in [-0.05, 0) is 36.1 Å². The summed E-state index contributed by atoms with van der Waals surface area (Å²) in [5.41, 5.74) is 3.61. The third kappa shape index (κ3) is 2.75. The Labute approximate surface area is 170 Å². The molecule has 0 bridgehead atoms. The Hall–Kier alpha value is -3.09. The van der Waals surface area contributed by atoms with Gasteiger partial charge in [0.15, 0.2) is 23.0 Å². The van der Waals surface area contributed by atoms with Crippen LogP contribution >= 0.6 is 0 Å². The van der Waals surface area contributed by atoms with E-state index in [1.807, 2.05) is 23.1 Å². The van der Waals surface area contributed by atoms with E-state index in [-0.39, 0.29) is 11.9 Å². The zero-order valence-electron chi connectivity index (χ0n) is 17.3. The summed E-state index contributed by atoms with van der Waals surface area (Å²) >= 11 is 0. The van der Waals surface area contributed by atoms with Gasteiger partial charge in [0, 0.05) is 12.1 Å². The van der Waals surface area contributed by atoms with E-state index < -0.39 is 0 Å². The summed E-state index contributed by atoms with van der Waals surface area (Å²) in [7, 11) is 7.96. The minimum absolute atomic E-state index is 0.0496. The van der Waals surface area contributed by atoms with Crippen molar-refractivity contribution in [3.8, 4) is 28.7 Å². The van der Waals surface area contributed by atoms with Crippen LogP contribution in [0.15, 0.2) is 18.2 Å². The molecule has 2 aliphatic rings. The minimum Gasteiger partial charge on any atom is -0.493 e. The van der Waals surface area contributed by atoms with Crippen LogP contribution in [0.4, 0.5) is 0 Å². The Morgan fingerprint density at radius 3 is 2.17 bits per heavy atom. The van der Waals surface area contributed by atoms with Crippen LogP contribution < -0.4 is 23.7 Å². The van der Waals surface area contributed by atoms with Gasteiger partial charge in [0.2, 0.25) is 5.75 Å². The van der Waals surface area contributed by atoms with Gasteiger partial charge in [0.1, 0.15) is 0 Å². The van der Waals surface area contributed by atoms with Gasteiger partial charge in [-0.1, -0.05) is 6.07 Å². The number of rotatable bonds is 5. The van der Waals surface area contributed by atoms with E-state index in [0.717, 1.165) is 16.7 Å². The number of benzene rings is 2. The van der Waals surface area contributed by atoms with E-state index in [2.05, 4.69) is 0 Å². The zero-order valence-corrected chi connectivity index (χ0v) is 17.3. The Kier molecular flexibility index (Phi) is 4.90. The van der Waals surface area contributed by atoms with E-state index in [1.165, 1.54) is 0 Å². The van der Waals surface area contributed by atoms with E-state index in [1.54, 1.807) is 35.5 Å². The first-order valence-corrected chi connectivity index (χ1v) is 9.46. The van der Waals surface area contributed by atoms with E-state index in [0.29, 0.717) is 53.7 Å². The molecule has 29 heavy (non-hydrogen) atoms. The number of hydrogen-bond acceptors (Lipinski definition) is 6. The molecular formula is C22H25NO6. The van der Waals surface area contributed by atoms with Gasteiger partial charge in [-0.2, -0.15) is 0 Å². The maximum absolute atomic E-state index is 13.4. The predicted molar refractivity (Wildman–Crippen MR) is 107 cm³/mol. The van der Waals surface area contributed by atoms with Crippen LogP contribution in [0.25, 0.3) is 0 Å². The fourth-order valence-corrected chi connectivity index (χ4v) is 4.53. The Balaban J connectivity index is 1.88. The molecule has 2 aliphatic heterocycles. The number of fused-ring (bicyclic) bond motifs is 4. The predicted octanol–water partition coefficient (Wildman–Crippen LogP) is 3.03. The highest BCUT2D eigenvalue weighted by Crippen LogP contribution is 2.50. The third-order valence-electron chi connectivity index (χ3n) is 5.83. The van der Waals surface area contributed by atoms with Crippen LogP contribution in [0.1, 0.15) is 33.1 Å². The molecule has 154 valence electrons. The average Bonchev–Trinajstić information content (AvgIpc) is 2.76. The number of carbonyl (C=O) groups is 1. The van der Waals surface area contributed by atoms with Crippen molar-refractivity contribution >= 4 is 5.91 Å². The van der Waals surface area contributed by atoms with Crippen molar-refractivity contribution in [2.24, 2.45) is 0 Å². The Morgan fingerprint density at radius 1 is 0.862 bits per heavy atom. The average molecular weight is 399 g/mol. The van der Waals surface area contributed by atoms with Gasteiger partial charge in [-0.3, -0.25) is 4.79 Å². The van der Waals surface area contributed by atoms with Crippen molar-refractivity contribution < 1.29 is 28.5 Å². The second-order valence-corrected chi connectivity index (χ2v) is 7.02. The van der Waals surface area contributed by atoms with Crippen molar-refractivity contribution in [1.29, 1.82) is 0 Å². The van der Waals surface area contributed by atoms with Crippen molar-refractivity contribution in [1.82, 2.24) is 4.90 Å². The van der Waals surface area contributed by atoms with E-state index in [4.69, 9.17) is 23.7 Å². The SMILES string of the molecule is COc1cc2c(c(OC)c1OC)CCN1C(=O)c3c(ccc(OC)c3OC)CC21. The molecule has 0 saturated heterocycles. The van der Waals surface area contributed by atoms with Gasteiger partial charge in [-0.25, -0.2) is 0 Å². The molecule has 4 rings (SSSR count). The number of hydrogen-bond donors (Lipinski definition) is 0. The second-order valence-electron chi connectivity index (χ2n) is 7.02. The molecule has 0 aliphatic carbocycles. The molecule has 1 unspecified atom stereocenters. The fourth-order valence-electron chi connectivity index (χ4n) is 4.53. The monoisotopic (exact) mass is 399 g/mol. The van der Waals surface area contributed by atoms with Gasteiger partial charge in [0.25, 0.3) is 5.91 Å². The summed E-state index contributed by atoms with van der Waals surface area (Å²) in [4.78, 5) is 15.3. The molecule has 1 amide bonds. The first-order valence-electron chi connectivity index (χ1n) is 9.46. The molecule has 0 radical (unpaired) electrons. The lowest BCUT2D eigenvalue weighted by molar-refractivity contribution is 0.0624. The van der Waals surface area contributed by atoms with E-state index in [9.17, 15) is 4.79 Å². The van der Waals surface area contributed by atoms with Crippen LogP contribution in [0, 0.1) is 0 Å². The van der Waals surface area contributed by atoms with Gasteiger partial charge in [0.05, 0.1) is 47.2 Å². The summed E-state index contributed by atoms with van der Waals surface area (Å²) in [6, 6.07) is 5.65. The smallest absolute Gasteiger partial charge is 0.258 e. The van der Waals surface area contributed by atoms with Gasteiger partial charge < -0.3 is 28.6 Å². The standard InChI is InChI=1S/C22H25NO6/c1-25-16-7-6-12-10-15-14-11-17(26-2)21(29-5)19(27-3)13(14)8-9-23(15)22(24)18(12)20(16)28-4/h6-7,11,15H,8-10H2,1-5H3. The first kappa shape index (κ1) is 19.2. The summed E-state index contributed by atoms with van der Waals surface area (Å²) in [5.74, 6) is 2.85. The van der Waals surface area contributed by atoms with Crippen molar-refractivity contribution in [2.75, 3.05) is 42.1 Å². The molecule has 0 spiro atoms. The fraction of sp³-hybridized carbons (Fsp3) is 0.409. The minimum atomic E-state index is -0.106. The number of carbonyl (C=O) groups excluding carboxylic acids is 1. The molecule has 2 aromatic rings. The Morgan fingerprint density at radius 2 is 1.55 bits per heavy atom. The van der Waals surface area contributed by atoms with Crippen molar-refractivity contribution in [3.05, 3.63) is 40.5 Å². The molecule has 2 aromatic carbocycles. The lowest BCUT2D eigenvalue weighted by Gasteiger charge is -2.42. The molecule has 0 saturated carbocycles. The lowest BCUT2D eigenvalue weighted by Crippen LogP contribution is -2.44. The number of methoxy groups -OCH3 is 5. The highest BCUT2D eigenvalue weighted by Gasteiger charge is 2.41. The van der Waals surface area contributed by atoms with Gasteiger partial charge in [-0.15, -0.1) is 0 Å². The molecule has 7 heteroatoms. The number of amides is 1. The second kappa shape index (κ2) is 7.39. The van der Waals surface area contributed by atoms with Crippen LogP contribution in [-0.4, -0.2) is 52.9 Å². The summed E-state index contributed by atoms with van der Waals surface area (Å²) in [6.07, 6.45) is 1.34. The largest absolute Gasteiger partial charge is 0.493 e. The molecule has 2 heterocycles. The third-order valence-corrected chi connectivity index (χ3v) is 5.83. The van der Waals surface area contributed by atoms with Crippen LogP contribution in [0.2, 0.25) is 0 Å². The Bertz CT molecular complexity index is 971. The van der Waals surface area contributed by atoms with Crippen molar-refractivity contribution in [3.63, 3.8) is 0 Å². The topological polar surface area (TPSA) is 66.5 Å². The highest BCUT2D eigenvalue weighted by molar-refractivity contribution is 6.01. The van der Waals surface area contributed by atoms with Crippen LogP contribution in [0.5, 0.6) is 28.7 Å². The summed E-state index contributed by atoms with van der Waals surface area (Å²) in [5, 5.41) is 0. The molecule has 0 N–H and O–H groups in total. The number of ether oxygens (including phenoxy) is 5. The summed E-state index contributed by atoms with van der Waals surface area (Å²) in [6.45, 7) is 0.585. The first-order chi connectivity index (χ1) is 14.1. The normalized spacial score (nSPS) is 17.1. The molecule has 0 aromatic heterocycles. The molecular weight excluding hydrogens is 374 g/mol. The lowest BCUT2D eigenvalue weighted by atomic mass is 9.82. The van der Waals surface area contributed by atoms with Crippen LogP contribution in [-0.2, 0) is 12.8 Å². The number of nitrogens with zero attached hydrogens (tertiary/aromatic N) is 1. The maximum Gasteiger partial charge on any atom is 0.258 e. The van der Waals surface area contributed by atoms with Crippen molar-refractivity contribution in [2.45, 2.75) is 18.9 Å². The van der Waals surface area contributed by atoms with Crippen LogP contribution in [0.3, 0.4) is 0 Å². The quantitative estimate of drug-likeness (QED) is 0.770. The highest BCUT2D eigenvalue weighted by atomic mass is 16.5. The summed E-state index contributed by atoms with van der Waals surface area (Å²) < 4.78 is 27.7. The molecule has 0 fully saturated rings.